The Bertz CT molecular complexity index is 1700. The molecule has 0 unspecified atom stereocenters. The number of methoxy groups -OCH3 is 3. The minimum absolute atomic E-state index is 0.113. The van der Waals surface area contributed by atoms with Crippen LogP contribution in [0, 0.1) is 5.92 Å². The molecule has 1 atom stereocenters. The fourth-order valence-electron chi connectivity index (χ4n) is 4.39. The van der Waals surface area contributed by atoms with Gasteiger partial charge >= 0.3 is 11.9 Å². The van der Waals surface area contributed by atoms with Gasteiger partial charge in [0.25, 0.3) is 5.56 Å². The van der Waals surface area contributed by atoms with Crippen molar-refractivity contribution in [3.05, 3.63) is 78.5 Å². The predicted molar refractivity (Wildman–Crippen MR) is 153 cm³/mol. The van der Waals surface area contributed by atoms with Crippen LogP contribution in [0.1, 0.15) is 44.9 Å². The third kappa shape index (κ3) is 6.19. The van der Waals surface area contributed by atoms with Gasteiger partial charge in [0.2, 0.25) is 0 Å². The minimum Gasteiger partial charge on any atom is -0.497 e. The number of benzene rings is 2. The van der Waals surface area contributed by atoms with Crippen LogP contribution in [0.2, 0.25) is 0 Å². The van der Waals surface area contributed by atoms with Crippen molar-refractivity contribution in [1.29, 1.82) is 0 Å². The van der Waals surface area contributed by atoms with E-state index in [1.54, 1.807) is 63.6 Å². The molecule has 1 aliphatic heterocycles. The van der Waals surface area contributed by atoms with Gasteiger partial charge in [0.15, 0.2) is 16.3 Å². The molecule has 216 valence electrons. The summed E-state index contributed by atoms with van der Waals surface area (Å²) in [5, 5.41) is 0. The van der Waals surface area contributed by atoms with Crippen molar-refractivity contribution in [2.24, 2.45) is 10.9 Å². The van der Waals surface area contributed by atoms with Crippen LogP contribution >= 0.6 is 11.3 Å². The zero-order valence-electron chi connectivity index (χ0n) is 24.0. The number of hydrogen-bond acceptors (Lipinski definition) is 10. The zero-order chi connectivity index (χ0) is 29.8. The van der Waals surface area contributed by atoms with E-state index in [4.69, 9.17) is 23.7 Å². The standard InChI is InChI=1S/C30H32N2O8S/c1-16(2)15-39-29(35)26-17(3)31-30-32(27(26)20-9-11-22(40-18(4)33)24(12-20)38-7)28(34)25(41-30)13-19-8-10-21(36-5)14-23(19)37-6/h8-14,16,27H,15H2,1-7H3/b25-13-/t27-/m1/s1. The lowest BCUT2D eigenvalue weighted by Gasteiger charge is -2.25. The van der Waals surface area contributed by atoms with Gasteiger partial charge in [-0.2, -0.15) is 0 Å². The lowest BCUT2D eigenvalue weighted by atomic mass is 9.95. The second kappa shape index (κ2) is 12.4. The molecule has 1 aromatic heterocycles. The second-order valence-corrected chi connectivity index (χ2v) is 10.7. The molecule has 11 heteroatoms. The normalized spacial score (nSPS) is 14.8. The number of nitrogens with zero attached hydrogens (tertiary/aromatic N) is 2. The number of hydrogen-bond donors (Lipinski definition) is 0. The first-order chi connectivity index (χ1) is 19.6. The summed E-state index contributed by atoms with van der Waals surface area (Å²) in [6.07, 6.45) is 1.72. The molecule has 2 aromatic carbocycles. The van der Waals surface area contributed by atoms with E-state index in [1.807, 2.05) is 13.8 Å². The zero-order valence-corrected chi connectivity index (χ0v) is 24.8. The van der Waals surface area contributed by atoms with E-state index in [9.17, 15) is 14.4 Å². The van der Waals surface area contributed by atoms with E-state index in [0.29, 0.717) is 37.7 Å². The Morgan fingerprint density at radius 1 is 1.02 bits per heavy atom. The van der Waals surface area contributed by atoms with Crippen LogP contribution in [0.15, 0.2) is 57.5 Å². The molecular weight excluding hydrogens is 548 g/mol. The number of carbonyl (C=O) groups is 2. The maximum atomic E-state index is 14.0. The number of ether oxygens (including phenoxy) is 5. The molecule has 0 radical (unpaired) electrons. The van der Waals surface area contributed by atoms with Gasteiger partial charge in [0, 0.05) is 18.6 Å². The highest BCUT2D eigenvalue weighted by atomic mass is 32.1. The van der Waals surface area contributed by atoms with Crippen LogP contribution in [-0.2, 0) is 14.3 Å². The quantitative estimate of drug-likeness (QED) is 0.280. The third-order valence-corrected chi connectivity index (χ3v) is 7.26. The van der Waals surface area contributed by atoms with E-state index in [-0.39, 0.29) is 35.2 Å². The number of fused-ring (bicyclic) bond motifs is 1. The monoisotopic (exact) mass is 580 g/mol. The summed E-state index contributed by atoms with van der Waals surface area (Å²) in [5.74, 6) is 0.672. The predicted octanol–water partition coefficient (Wildman–Crippen LogP) is 3.39. The minimum atomic E-state index is -0.869. The van der Waals surface area contributed by atoms with Crippen LogP contribution in [0.3, 0.4) is 0 Å². The van der Waals surface area contributed by atoms with Crippen molar-refractivity contribution in [3.63, 3.8) is 0 Å². The van der Waals surface area contributed by atoms with Gasteiger partial charge in [-0.3, -0.25) is 14.2 Å². The topological polar surface area (TPSA) is 115 Å². The third-order valence-electron chi connectivity index (χ3n) is 6.27. The average molecular weight is 581 g/mol. The van der Waals surface area contributed by atoms with Crippen molar-refractivity contribution in [1.82, 2.24) is 4.57 Å². The summed E-state index contributed by atoms with van der Waals surface area (Å²) < 4.78 is 29.0. The fraction of sp³-hybridized carbons (Fsp3) is 0.333. The highest BCUT2D eigenvalue weighted by Gasteiger charge is 2.34. The molecule has 4 rings (SSSR count). The van der Waals surface area contributed by atoms with E-state index in [1.165, 1.54) is 29.9 Å². The smallest absolute Gasteiger partial charge is 0.338 e. The lowest BCUT2D eigenvalue weighted by molar-refractivity contribution is -0.140. The van der Waals surface area contributed by atoms with Crippen LogP contribution in [0.4, 0.5) is 0 Å². The SMILES string of the molecule is COc1ccc(/C=c2\sc3n(c2=O)[C@H](c2ccc(OC(C)=O)c(OC)c2)C(C(=O)OCC(C)C)=C(C)N=3)c(OC)c1. The highest BCUT2D eigenvalue weighted by Crippen LogP contribution is 2.36. The number of carbonyl (C=O) groups excluding carboxylic acids is 2. The Morgan fingerprint density at radius 3 is 2.39 bits per heavy atom. The molecule has 0 saturated heterocycles. The highest BCUT2D eigenvalue weighted by molar-refractivity contribution is 7.07. The number of thiazole rings is 1. The summed E-state index contributed by atoms with van der Waals surface area (Å²) in [6.45, 7) is 7.09. The van der Waals surface area contributed by atoms with Gasteiger partial charge in [0.1, 0.15) is 11.5 Å². The number of allylic oxidation sites excluding steroid dienone is 1. The average Bonchev–Trinajstić information content (AvgIpc) is 3.24. The molecule has 41 heavy (non-hydrogen) atoms. The second-order valence-electron chi connectivity index (χ2n) is 9.69. The van der Waals surface area contributed by atoms with Crippen LogP contribution in [0.25, 0.3) is 6.08 Å². The largest absolute Gasteiger partial charge is 0.497 e. The van der Waals surface area contributed by atoms with Gasteiger partial charge in [-0.05, 0) is 48.7 Å². The molecule has 0 aliphatic carbocycles. The van der Waals surface area contributed by atoms with Crippen molar-refractivity contribution in [3.8, 4) is 23.0 Å². The number of aromatic nitrogens is 1. The molecule has 2 heterocycles. The Labute approximate surface area is 241 Å². The molecule has 0 saturated carbocycles. The fourth-order valence-corrected chi connectivity index (χ4v) is 5.43. The summed E-state index contributed by atoms with van der Waals surface area (Å²) in [4.78, 5) is 44.1. The van der Waals surface area contributed by atoms with Gasteiger partial charge in [-0.15, -0.1) is 0 Å². The van der Waals surface area contributed by atoms with E-state index in [0.717, 1.165) is 0 Å². The van der Waals surface area contributed by atoms with Crippen molar-refractivity contribution in [2.45, 2.75) is 33.7 Å². The molecular formula is C30H32N2O8S. The molecule has 0 amide bonds. The summed E-state index contributed by atoms with van der Waals surface area (Å²) in [7, 11) is 4.55. The molecule has 0 N–H and O–H groups in total. The lowest BCUT2D eigenvalue weighted by Crippen LogP contribution is -2.40. The van der Waals surface area contributed by atoms with Crippen molar-refractivity contribution >= 4 is 29.4 Å². The number of rotatable bonds is 9. The summed E-state index contributed by atoms with van der Waals surface area (Å²) in [6, 6.07) is 9.33. The van der Waals surface area contributed by atoms with Crippen LogP contribution in [0.5, 0.6) is 23.0 Å². The maximum absolute atomic E-state index is 14.0. The molecule has 10 nitrogen and oxygen atoms in total. The molecule has 1 aliphatic rings. The Kier molecular flexibility index (Phi) is 8.97. The van der Waals surface area contributed by atoms with Gasteiger partial charge < -0.3 is 23.7 Å². The molecule has 0 bridgehead atoms. The Morgan fingerprint density at radius 2 is 1.76 bits per heavy atom. The summed E-state index contributed by atoms with van der Waals surface area (Å²) in [5.41, 5.74) is 1.55. The van der Waals surface area contributed by atoms with Gasteiger partial charge in [-0.25, -0.2) is 9.79 Å². The number of esters is 2. The first-order valence-electron chi connectivity index (χ1n) is 12.9. The molecule has 3 aromatic rings. The van der Waals surface area contributed by atoms with E-state index < -0.39 is 18.0 Å². The first-order valence-corrected chi connectivity index (χ1v) is 13.7. The molecule has 0 fully saturated rings. The van der Waals surface area contributed by atoms with Gasteiger partial charge in [-0.1, -0.05) is 31.3 Å². The van der Waals surface area contributed by atoms with E-state index in [2.05, 4.69) is 4.99 Å². The maximum Gasteiger partial charge on any atom is 0.338 e. The first kappa shape index (κ1) is 29.6. The van der Waals surface area contributed by atoms with Gasteiger partial charge in [0.05, 0.1) is 49.8 Å². The van der Waals surface area contributed by atoms with Crippen molar-refractivity contribution < 1.29 is 33.3 Å². The Balaban J connectivity index is 1.94. The van der Waals surface area contributed by atoms with Crippen LogP contribution in [-0.4, -0.2) is 44.4 Å². The van der Waals surface area contributed by atoms with Crippen molar-refractivity contribution in [2.75, 3.05) is 27.9 Å². The molecule has 0 spiro atoms. The Hall–Kier alpha value is -4.38. The van der Waals surface area contributed by atoms with Crippen LogP contribution < -0.4 is 33.8 Å². The summed E-state index contributed by atoms with van der Waals surface area (Å²) >= 11 is 1.20. The van der Waals surface area contributed by atoms with E-state index >= 15 is 0 Å².